The van der Waals surface area contributed by atoms with Crippen LogP contribution in [0, 0.1) is 0 Å². The van der Waals surface area contributed by atoms with E-state index in [9.17, 15) is 4.79 Å². The highest BCUT2D eigenvalue weighted by Crippen LogP contribution is 2.16. The van der Waals surface area contributed by atoms with Crippen LogP contribution in [0.4, 0.5) is 0 Å². The molecule has 1 atom stereocenters. The predicted octanol–water partition coefficient (Wildman–Crippen LogP) is 1.21. The standard InChI is InChI=1S/C16H26N4O/c1-3-15-12-19(2)9-4-10-20(15)11-13-5-7-14(8-6-13)16(21)18-17/h5-8,15H,3-4,9-12,17H2,1-2H3,(H,18,21). The Balaban J connectivity index is 2.03. The molecule has 0 radical (unpaired) electrons. The van der Waals surface area contributed by atoms with Crippen LogP contribution < -0.4 is 11.3 Å². The molecule has 1 heterocycles. The van der Waals surface area contributed by atoms with E-state index in [0.29, 0.717) is 11.6 Å². The highest BCUT2D eigenvalue weighted by Gasteiger charge is 2.21. The Morgan fingerprint density at radius 3 is 2.67 bits per heavy atom. The van der Waals surface area contributed by atoms with Gasteiger partial charge in [0, 0.05) is 31.2 Å². The maximum absolute atomic E-state index is 11.4. The smallest absolute Gasteiger partial charge is 0.265 e. The highest BCUT2D eigenvalue weighted by atomic mass is 16.2. The molecule has 2 rings (SSSR count). The van der Waals surface area contributed by atoms with Gasteiger partial charge in [0.05, 0.1) is 0 Å². The predicted molar refractivity (Wildman–Crippen MR) is 84.7 cm³/mol. The number of nitrogens with one attached hydrogen (secondary N) is 1. The van der Waals surface area contributed by atoms with E-state index >= 15 is 0 Å². The Morgan fingerprint density at radius 2 is 2.05 bits per heavy atom. The summed E-state index contributed by atoms with van der Waals surface area (Å²) in [4.78, 5) is 16.4. The number of nitrogens with two attached hydrogens (primary N) is 1. The molecule has 0 aliphatic carbocycles. The first-order chi connectivity index (χ1) is 10.1. The number of nitrogens with zero attached hydrogens (tertiary/aromatic N) is 2. The van der Waals surface area contributed by atoms with Crippen molar-refractivity contribution in [3.05, 3.63) is 35.4 Å². The summed E-state index contributed by atoms with van der Waals surface area (Å²) in [5, 5.41) is 0. The van der Waals surface area contributed by atoms with E-state index in [1.165, 1.54) is 18.5 Å². The van der Waals surface area contributed by atoms with Gasteiger partial charge in [-0.05, 0) is 44.1 Å². The SMILES string of the molecule is CCC1CN(C)CCCN1Cc1ccc(C(=O)NN)cc1. The van der Waals surface area contributed by atoms with E-state index in [0.717, 1.165) is 26.1 Å². The van der Waals surface area contributed by atoms with Crippen molar-refractivity contribution in [2.24, 2.45) is 5.84 Å². The molecule has 1 unspecified atom stereocenters. The molecular formula is C16H26N4O. The van der Waals surface area contributed by atoms with Gasteiger partial charge < -0.3 is 4.90 Å². The average Bonchev–Trinajstić information content (AvgIpc) is 2.68. The zero-order valence-electron chi connectivity index (χ0n) is 13.0. The summed E-state index contributed by atoms with van der Waals surface area (Å²) in [6.07, 6.45) is 2.37. The molecule has 1 aromatic rings. The Labute approximate surface area is 127 Å². The van der Waals surface area contributed by atoms with Gasteiger partial charge in [-0.1, -0.05) is 19.1 Å². The number of hydrogen-bond donors (Lipinski definition) is 2. The topological polar surface area (TPSA) is 61.6 Å². The quantitative estimate of drug-likeness (QED) is 0.497. The van der Waals surface area contributed by atoms with E-state index in [4.69, 9.17) is 5.84 Å². The van der Waals surface area contributed by atoms with Crippen LogP contribution >= 0.6 is 0 Å². The lowest BCUT2D eigenvalue weighted by Crippen LogP contribution is -2.39. The van der Waals surface area contributed by atoms with Gasteiger partial charge in [-0.15, -0.1) is 0 Å². The average molecular weight is 290 g/mol. The number of nitrogen functional groups attached to an aromatic ring is 1. The summed E-state index contributed by atoms with van der Waals surface area (Å²) < 4.78 is 0. The van der Waals surface area contributed by atoms with Gasteiger partial charge in [-0.3, -0.25) is 15.1 Å². The van der Waals surface area contributed by atoms with Crippen molar-refractivity contribution in [3.8, 4) is 0 Å². The maximum atomic E-state index is 11.4. The van der Waals surface area contributed by atoms with Gasteiger partial charge in [0.25, 0.3) is 5.91 Å². The van der Waals surface area contributed by atoms with Crippen LogP contribution in [0.1, 0.15) is 35.7 Å². The Hall–Kier alpha value is -1.43. The largest absolute Gasteiger partial charge is 0.305 e. The number of hydrazine groups is 1. The van der Waals surface area contributed by atoms with E-state index in [2.05, 4.69) is 29.2 Å². The first kappa shape index (κ1) is 15.9. The molecule has 0 saturated carbocycles. The lowest BCUT2D eigenvalue weighted by Gasteiger charge is -2.30. The van der Waals surface area contributed by atoms with Crippen LogP contribution in [0.2, 0.25) is 0 Å². The lowest BCUT2D eigenvalue weighted by molar-refractivity contribution is 0.0953. The number of hydrogen-bond acceptors (Lipinski definition) is 4. The molecule has 1 amide bonds. The van der Waals surface area contributed by atoms with E-state index in [-0.39, 0.29) is 5.91 Å². The summed E-state index contributed by atoms with van der Waals surface area (Å²) in [5.74, 6) is 4.90. The molecule has 116 valence electrons. The Morgan fingerprint density at radius 1 is 1.33 bits per heavy atom. The molecular weight excluding hydrogens is 264 g/mol. The minimum absolute atomic E-state index is 0.246. The second-order valence-corrected chi connectivity index (χ2v) is 5.82. The highest BCUT2D eigenvalue weighted by molar-refractivity contribution is 5.93. The van der Waals surface area contributed by atoms with Crippen LogP contribution in [0.3, 0.4) is 0 Å². The van der Waals surface area contributed by atoms with Crippen molar-refractivity contribution in [2.75, 3.05) is 26.7 Å². The fourth-order valence-corrected chi connectivity index (χ4v) is 2.97. The fourth-order valence-electron chi connectivity index (χ4n) is 2.97. The molecule has 0 aromatic heterocycles. The first-order valence-corrected chi connectivity index (χ1v) is 7.66. The van der Waals surface area contributed by atoms with Gasteiger partial charge in [0.2, 0.25) is 0 Å². The minimum atomic E-state index is -0.246. The zero-order valence-corrected chi connectivity index (χ0v) is 13.0. The number of likely N-dealkylation sites (N-methyl/N-ethyl adjacent to an activating group) is 1. The van der Waals surface area contributed by atoms with Crippen molar-refractivity contribution >= 4 is 5.91 Å². The summed E-state index contributed by atoms with van der Waals surface area (Å²) >= 11 is 0. The Kier molecular flexibility index (Phi) is 5.73. The molecule has 1 aliphatic heterocycles. The van der Waals surface area contributed by atoms with Crippen molar-refractivity contribution in [1.82, 2.24) is 15.2 Å². The van der Waals surface area contributed by atoms with Crippen molar-refractivity contribution in [2.45, 2.75) is 32.4 Å². The summed E-state index contributed by atoms with van der Waals surface area (Å²) in [6, 6.07) is 8.31. The van der Waals surface area contributed by atoms with Crippen molar-refractivity contribution in [1.29, 1.82) is 0 Å². The number of benzene rings is 1. The number of amides is 1. The molecule has 1 aliphatic rings. The van der Waals surface area contributed by atoms with E-state index in [1.807, 2.05) is 24.3 Å². The van der Waals surface area contributed by atoms with Gasteiger partial charge in [-0.2, -0.15) is 0 Å². The summed E-state index contributed by atoms with van der Waals surface area (Å²) in [7, 11) is 2.20. The third-order valence-electron chi connectivity index (χ3n) is 4.23. The molecule has 21 heavy (non-hydrogen) atoms. The number of rotatable bonds is 4. The summed E-state index contributed by atoms with van der Waals surface area (Å²) in [6.45, 7) is 6.63. The molecule has 5 nitrogen and oxygen atoms in total. The molecule has 1 aromatic carbocycles. The van der Waals surface area contributed by atoms with Crippen molar-refractivity contribution < 1.29 is 4.79 Å². The third-order valence-corrected chi connectivity index (χ3v) is 4.23. The molecule has 1 saturated heterocycles. The second kappa shape index (κ2) is 7.54. The van der Waals surface area contributed by atoms with Crippen LogP contribution in [-0.4, -0.2) is 48.4 Å². The van der Waals surface area contributed by atoms with Crippen LogP contribution in [-0.2, 0) is 6.54 Å². The molecule has 3 N–H and O–H groups in total. The van der Waals surface area contributed by atoms with Gasteiger partial charge >= 0.3 is 0 Å². The lowest BCUT2D eigenvalue weighted by atomic mass is 10.1. The summed E-state index contributed by atoms with van der Waals surface area (Å²) in [5.41, 5.74) is 4.00. The molecule has 0 bridgehead atoms. The van der Waals surface area contributed by atoms with E-state index in [1.54, 1.807) is 0 Å². The molecule has 0 spiro atoms. The molecule has 1 fully saturated rings. The Bertz CT molecular complexity index is 460. The fraction of sp³-hybridized carbons (Fsp3) is 0.562. The van der Waals surface area contributed by atoms with Gasteiger partial charge in [-0.25, -0.2) is 5.84 Å². The number of carbonyl (C=O) groups is 1. The van der Waals surface area contributed by atoms with Crippen LogP contribution in [0.5, 0.6) is 0 Å². The normalized spacial score (nSPS) is 21.0. The van der Waals surface area contributed by atoms with Crippen molar-refractivity contribution in [3.63, 3.8) is 0 Å². The third kappa shape index (κ3) is 4.27. The second-order valence-electron chi connectivity index (χ2n) is 5.82. The van der Waals surface area contributed by atoms with Crippen LogP contribution in [0.25, 0.3) is 0 Å². The monoisotopic (exact) mass is 290 g/mol. The minimum Gasteiger partial charge on any atom is -0.305 e. The van der Waals surface area contributed by atoms with Gasteiger partial charge in [0.15, 0.2) is 0 Å². The maximum Gasteiger partial charge on any atom is 0.265 e. The zero-order chi connectivity index (χ0) is 15.2. The van der Waals surface area contributed by atoms with E-state index < -0.39 is 0 Å². The molecule has 5 heteroatoms. The van der Waals surface area contributed by atoms with Crippen LogP contribution in [0.15, 0.2) is 24.3 Å². The first-order valence-electron chi connectivity index (χ1n) is 7.66. The number of carbonyl (C=O) groups excluding carboxylic acids is 1. The van der Waals surface area contributed by atoms with Gasteiger partial charge in [0.1, 0.15) is 0 Å².